The van der Waals surface area contributed by atoms with Crippen LogP contribution in [0, 0.1) is 0 Å². The molecule has 2 atom stereocenters. The van der Waals surface area contributed by atoms with Gasteiger partial charge in [0.05, 0.1) is 6.10 Å². The largest absolute Gasteiger partial charge is 0.364 e. The summed E-state index contributed by atoms with van der Waals surface area (Å²) >= 11 is 0. The maximum absolute atomic E-state index is 11.9. The molecule has 0 unspecified atom stereocenters. The molecule has 1 fully saturated rings. The molecule has 5 nitrogen and oxygen atoms in total. The zero-order chi connectivity index (χ0) is 14.8. The Labute approximate surface area is 147 Å². The molecule has 1 saturated heterocycles. The van der Waals surface area contributed by atoms with Crippen molar-refractivity contribution >= 4 is 30.7 Å². The predicted octanol–water partition coefficient (Wildman–Crippen LogP) is 1.96. The van der Waals surface area contributed by atoms with Gasteiger partial charge in [0.15, 0.2) is 0 Å². The molecule has 0 bridgehead atoms. The number of amides is 1. The summed E-state index contributed by atoms with van der Waals surface area (Å²) in [5, 5.41) is 2.98. The third-order valence-electron chi connectivity index (χ3n) is 3.69. The number of carbonyl (C=O) groups is 1. The van der Waals surface area contributed by atoms with E-state index in [9.17, 15) is 4.79 Å². The van der Waals surface area contributed by atoms with Crippen LogP contribution in [0.5, 0.6) is 0 Å². The van der Waals surface area contributed by atoms with E-state index in [4.69, 9.17) is 10.5 Å². The summed E-state index contributed by atoms with van der Waals surface area (Å²) in [5.41, 5.74) is 5.55. The molecule has 1 heterocycles. The monoisotopic (exact) mass is 357 g/mol. The molecule has 0 aromatic rings. The number of nitrogens with zero attached hydrogens (tertiary/aromatic N) is 1. The van der Waals surface area contributed by atoms with Crippen molar-refractivity contribution in [2.24, 2.45) is 5.73 Å². The summed E-state index contributed by atoms with van der Waals surface area (Å²) < 4.78 is 5.58. The predicted molar refractivity (Wildman–Crippen MR) is 96.1 cm³/mol. The van der Waals surface area contributed by atoms with Crippen LogP contribution in [-0.4, -0.2) is 55.7 Å². The quantitative estimate of drug-likeness (QED) is 0.586. The van der Waals surface area contributed by atoms with Gasteiger partial charge in [0, 0.05) is 13.1 Å². The Balaban J connectivity index is 0. The van der Waals surface area contributed by atoms with Gasteiger partial charge < -0.3 is 20.7 Å². The van der Waals surface area contributed by atoms with Crippen molar-refractivity contribution in [2.45, 2.75) is 58.2 Å². The molecule has 7 heteroatoms. The molecule has 0 radical (unpaired) electrons. The lowest BCUT2D eigenvalue weighted by Crippen LogP contribution is -2.37. The molecule has 0 saturated carbocycles. The average Bonchev–Trinajstić information content (AvgIpc) is 2.92. The van der Waals surface area contributed by atoms with Gasteiger partial charge in [-0.15, -0.1) is 24.8 Å². The van der Waals surface area contributed by atoms with Crippen LogP contribution in [0.25, 0.3) is 0 Å². The minimum absolute atomic E-state index is 0. The molecule has 3 N–H and O–H groups in total. The van der Waals surface area contributed by atoms with E-state index in [1.807, 2.05) is 0 Å². The maximum atomic E-state index is 11.9. The van der Waals surface area contributed by atoms with E-state index in [0.29, 0.717) is 6.54 Å². The van der Waals surface area contributed by atoms with Gasteiger partial charge in [-0.05, 0) is 51.7 Å². The van der Waals surface area contributed by atoms with E-state index in [-0.39, 0.29) is 42.9 Å². The van der Waals surface area contributed by atoms with Gasteiger partial charge in [-0.2, -0.15) is 0 Å². The van der Waals surface area contributed by atoms with E-state index in [1.54, 1.807) is 0 Å². The van der Waals surface area contributed by atoms with Crippen molar-refractivity contribution in [1.29, 1.82) is 0 Å². The highest BCUT2D eigenvalue weighted by Crippen LogP contribution is 2.18. The molecule has 1 aliphatic rings. The van der Waals surface area contributed by atoms with Crippen molar-refractivity contribution in [3.63, 3.8) is 0 Å². The topological polar surface area (TPSA) is 67.6 Å². The van der Waals surface area contributed by atoms with E-state index in [2.05, 4.69) is 24.1 Å². The van der Waals surface area contributed by atoms with Gasteiger partial charge in [0.2, 0.25) is 5.91 Å². The molecule has 1 aliphatic heterocycles. The fraction of sp³-hybridized carbons (Fsp3) is 0.933. The first-order chi connectivity index (χ1) is 9.71. The number of hydrogen-bond acceptors (Lipinski definition) is 4. The van der Waals surface area contributed by atoms with Crippen LogP contribution in [0.2, 0.25) is 0 Å². The molecule has 0 spiro atoms. The first-order valence-electron chi connectivity index (χ1n) is 8.06. The Bertz CT molecular complexity index is 278. The fourth-order valence-corrected chi connectivity index (χ4v) is 2.67. The van der Waals surface area contributed by atoms with Gasteiger partial charge >= 0.3 is 0 Å². The van der Waals surface area contributed by atoms with E-state index in [0.717, 1.165) is 45.4 Å². The van der Waals surface area contributed by atoms with Crippen molar-refractivity contribution in [1.82, 2.24) is 10.2 Å². The van der Waals surface area contributed by atoms with Crippen molar-refractivity contribution in [3.8, 4) is 0 Å². The molecule has 0 aliphatic carbocycles. The minimum Gasteiger partial charge on any atom is -0.364 e. The lowest BCUT2D eigenvalue weighted by atomic mass is 10.2. The molecule has 1 amide bonds. The number of ether oxygens (including phenoxy) is 1. The number of nitrogens with one attached hydrogen (secondary N) is 1. The summed E-state index contributed by atoms with van der Waals surface area (Å²) in [6.45, 7) is 8.99. The normalized spacial score (nSPS) is 20.4. The smallest absolute Gasteiger partial charge is 0.249 e. The zero-order valence-electron chi connectivity index (χ0n) is 13.9. The Morgan fingerprint density at radius 1 is 1.18 bits per heavy atom. The number of rotatable bonds is 10. The first kappa shape index (κ1) is 24.2. The van der Waals surface area contributed by atoms with Crippen molar-refractivity contribution < 1.29 is 9.53 Å². The van der Waals surface area contributed by atoms with Crippen LogP contribution in [0.4, 0.5) is 0 Å². The van der Waals surface area contributed by atoms with Crippen LogP contribution >= 0.6 is 24.8 Å². The Morgan fingerprint density at radius 3 is 2.32 bits per heavy atom. The van der Waals surface area contributed by atoms with E-state index >= 15 is 0 Å². The minimum atomic E-state index is -0.286. The third-order valence-corrected chi connectivity index (χ3v) is 3.69. The molecule has 0 aromatic carbocycles. The lowest BCUT2D eigenvalue weighted by molar-refractivity contribution is -0.131. The van der Waals surface area contributed by atoms with Crippen LogP contribution in [0.3, 0.4) is 0 Å². The summed E-state index contributed by atoms with van der Waals surface area (Å²) in [7, 11) is 0. The highest BCUT2D eigenvalue weighted by atomic mass is 35.5. The van der Waals surface area contributed by atoms with E-state index < -0.39 is 0 Å². The SMILES string of the molecule is CCCN(CCC)CCCNC(=O)[C@@H]1CC[C@H](CN)O1.Cl.Cl. The second kappa shape index (κ2) is 14.5. The first-order valence-corrected chi connectivity index (χ1v) is 8.06. The van der Waals surface area contributed by atoms with Gasteiger partial charge in [-0.25, -0.2) is 0 Å². The molecule has 134 valence electrons. The third kappa shape index (κ3) is 9.16. The molecular weight excluding hydrogens is 325 g/mol. The number of hydrogen-bond donors (Lipinski definition) is 2. The van der Waals surface area contributed by atoms with E-state index in [1.165, 1.54) is 12.8 Å². The van der Waals surface area contributed by atoms with Crippen LogP contribution in [0.1, 0.15) is 46.0 Å². The Hall–Kier alpha value is -0.0700. The maximum Gasteiger partial charge on any atom is 0.249 e. The average molecular weight is 358 g/mol. The van der Waals surface area contributed by atoms with Crippen LogP contribution in [-0.2, 0) is 9.53 Å². The second-order valence-corrected chi connectivity index (χ2v) is 5.55. The number of carbonyl (C=O) groups excluding carboxylic acids is 1. The standard InChI is InChI=1S/C15H31N3O2.2ClH/c1-3-9-18(10-4-2)11-5-8-17-15(19)14-7-6-13(12-16)20-14;;/h13-14H,3-12,16H2,1-2H3,(H,17,19);2*1H/t13-,14+;;/m1../s1. The summed E-state index contributed by atoms with van der Waals surface area (Å²) in [5.74, 6) is 0.0264. The van der Waals surface area contributed by atoms with Gasteiger partial charge in [0.1, 0.15) is 6.10 Å². The molecular formula is C15H33Cl2N3O2. The highest BCUT2D eigenvalue weighted by molar-refractivity contribution is 5.85. The van der Waals surface area contributed by atoms with Crippen LogP contribution in [0.15, 0.2) is 0 Å². The molecule has 1 rings (SSSR count). The Morgan fingerprint density at radius 2 is 1.82 bits per heavy atom. The fourth-order valence-electron chi connectivity index (χ4n) is 2.67. The Kier molecular flexibility index (Phi) is 16.0. The van der Waals surface area contributed by atoms with Gasteiger partial charge in [-0.1, -0.05) is 13.8 Å². The summed E-state index contributed by atoms with van der Waals surface area (Å²) in [4.78, 5) is 14.4. The van der Waals surface area contributed by atoms with Gasteiger partial charge in [0.25, 0.3) is 0 Å². The number of nitrogens with two attached hydrogens (primary N) is 1. The lowest BCUT2D eigenvalue weighted by Gasteiger charge is -2.21. The second-order valence-electron chi connectivity index (χ2n) is 5.55. The molecule has 0 aromatic heterocycles. The molecule has 22 heavy (non-hydrogen) atoms. The van der Waals surface area contributed by atoms with Crippen molar-refractivity contribution in [2.75, 3.05) is 32.7 Å². The van der Waals surface area contributed by atoms with Crippen LogP contribution < -0.4 is 11.1 Å². The summed E-state index contributed by atoms with van der Waals surface area (Å²) in [6.07, 6.45) is 4.84. The summed E-state index contributed by atoms with van der Waals surface area (Å²) in [6, 6.07) is 0. The zero-order valence-corrected chi connectivity index (χ0v) is 15.5. The highest BCUT2D eigenvalue weighted by Gasteiger charge is 2.29. The van der Waals surface area contributed by atoms with Gasteiger partial charge in [-0.3, -0.25) is 4.79 Å². The van der Waals surface area contributed by atoms with Crippen molar-refractivity contribution in [3.05, 3.63) is 0 Å². The number of halogens is 2.